The third-order valence-electron chi connectivity index (χ3n) is 2.38. The van der Waals surface area contributed by atoms with Crippen LogP contribution in [-0.2, 0) is 19.4 Å². The lowest BCUT2D eigenvalue weighted by Gasteiger charge is -1.99. The number of H-pyrrole nitrogens is 1. The van der Waals surface area contributed by atoms with E-state index in [0.29, 0.717) is 11.7 Å². The molecule has 2 aromatic rings. The number of nitrogens with zero attached hydrogens (tertiary/aromatic N) is 2. The van der Waals surface area contributed by atoms with Gasteiger partial charge in [0.2, 0.25) is 0 Å². The Morgan fingerprint density at radius 2 is 2.00 bits per heavy atom. The molecule has 0 spiro atoms. The highest BCUT2D eigenvalue weighted by atomic mass is 35.5. The number of imidazole rings is 1. The summed E-state index contributed by atoms with van der Waals surface area (Å²) >= 11 is 5.98. The maximum atomic E-state index is 5.98. The second-order valence-corrected chi connectivity index (χ2v) is 3.87. The molecule has 0 radical (unpaired) electrons. The highest BCUT2D eigenvalue weighted by molar-refractivity contribution is 6.30. The summed E-state index contributed by atoms with van der Waals surface area (Å²) in [4.78, 5) is 11.2. The standard InChI is InChI=1S/C11H13ClN4/c12-11-9(15-10(7-13)16-11)2-1-8-3-5-14-6-4-8/h3-6H,1-2,7,13H2,(H,15,16). The molecule has 2 rings (SSSR count). The summed E-state index contributed by atoms with van der Waals surface area (Å²) in [5.41, 5.74) is 7.65. The van der Waals surface area contributed by atoms with Crippen LogP contribution in [0.3, 0.4) is 0 Å². The number of nitrogens with two attached hydrogens (primary N) is 1. The van der Waals surface area contributed by atoms with Gasteiger partial charge in [-0.15, -0.1) is 0 Å². The fourth-order valence-electron chi connectivity index (χ4n) is 1.52. The third kappa shape index (κ3) is 2.59. The van der Waals surface area contributed by atoms with E-state index in [-0.39, 0.29) is 0 Å². The van der Waals surface area contributed by atoms with Crippen LogP contribution in [0.15, 0.2) is 24.5 Å². The number of hydrogen-bond acceptors (Lipinski definition) is 3. The first-order chi connectivity index (χ1) is 7.79. The molecule has 0 atom stereocenters. The van der Waals surface area contributed by atoms with Gasteiger partial charge in [0.1, 0.15) is 11.0 Å². The Hall–Kier alpha value is -1.39. The first kappa shape index (κ1) is 11.1. The molecular formula is C11H13ClN4. The number of pyridine rings is 1. The number of aromatic nitrogens is 3. The van der Waals surface area contributed by atoms with Crippen molar-refractivity contribution >= 4 is 11.6 Å². The first-order valence-electron chi connectivity index (χ1n) is 5.12. The smallest absolute Gasteiger partial charge is 0.150 e. The zero-order chi connectivity index (χ0) is 11.4. The van der Waals surface area contributed by atoms with Gasteiger partial charge < -0.3 is 10.7 Å². The van der Waals surface area contributed by atoms with Gasteiger partial charge in [-0.1, -0.05) is 11.6 Å². The van der Waals surface area contributed by atoms with Gasteiger partial charge >= 0.3 is 0 Å². The van der Waals surface area contributed by atoms with Crippen molar-refractivity contribution in [3.05, 3.63) is 46.8 Å². The summed E-state index contributed by atoms with van der Waals surface area (Å²) in [7, 11) is 0. The summed E-state index contributed by atoms with van der Waals surface area (Å²) < 4.78 is 0. The van der Waals surface area contributed by atoms with E-state index >= 15 is 0 Å². The van der Waals surface area contributed by atoms with E-state index in [9.17, 15) is 0 Å². The van der Waals surface area contributed by atoms with E-state index in [2.05, 4.69) is 15.0 Å². The minimum absolute atomic E-state index is 0.384. The van der Waals surface area contributed by atoms with Gasteiger partial charge in [0, 0.05) is 12.4 Å². The zero-order valence-corrected chi connectivity index (χ0v) is 9.54. The van der Waals surface area contributed by atoms with E-state index in [4.69, 9.17) is 17.3 Å². The summed E-state index contributed by atoms with van der Waals surface area (Å²) in [6, 6.07) is 3.99. The van der Waals surface area contributed by atoms with Crippen LogP contribution in [0.5, 0.6) is 0 Å². The topological polar surface area (TPSA) is 67.6 Å². The van der Waals surface area contributed by atoms with Crippen LogP contribution < -0.4 is 5.73 Å². The minimum atomic E-state index is 0.384. The molecule has 4 nitrogen and oxygen atoms in total. The fourth-order valence-corrected chi connectivity index (χ4v) is 1.76. The molecule has 0 fully saturated rings. The van der Waals surface area contributed by atoms with Gasteiger partial charge in [0.05, 0.1) is 12.2 Å². The number of rotatable bonds is 4. The fraction of sp³-hybridized carbons (Fsp3) is 0.273. The molecule has 0 aliphatic heterocycles. The van der Waals surface area contributed by atoms with Gasteiger partial charge in [-0.05, 0) is 30.5 Å². The van der Waals surface area contributed by atoms with Crippen molar-refractivity contribution < 1.29 is 0 Å². The number of aromatic amines is 1. The highest BCUT2D eigenvalue weighted by Gasteiger charge is 2.06. The average Bonchev–Trinajstić information content (AvgIpc) is 2.69. The first-order valence-corrected chi connectivity index (χ1v) is 5.49. The van der Waals surface area contributed by atoms with Crippen LogP contribution >= 0.6 is 11.6 Å². The number of nitrogens with one attached hydrogen (secondary N) is 1. The maximum absolute atomic E-state index is 5.98. The van der Waals surface area contributed by atoms with Crippen molar-refractivity contribution in [1.82, 2.24) is 15.0 Å². The Kier molecular flexibility index (Phi) is 3.54. The van der Waals surface area contributed by atoms with Gasteiger partial charge in [-0.2, -0.15) is 0 Å². The van der Waals surface area contributed by atoms with Crippen molar-refractivity contribution in [1.29, 1.82) is 0 Å². The van der Waals surface area contributed by atoms with E-state index in [1.165, 1.54) is 5.56 Å². The summed E-state index contributed by atoms with van der Waals surface area (Å²) in [5.74, 6) is 0.731. The van der Waals surface area contributed by atoms with Gasteiger partial charge in [-0.25, -0.2) is 4.98 Å². The van der Waals surface area contributed by atoms with Crippen molar-refractivity contribution in [2.45, 2.75) is 19.4 Å². The third-order valence-corrected chi connectivity index (χ3v) is 2.70. The minimum Gasteiger partial charge on any atom is -0.343 e. The lowest BCUT2D eigenvalue weighted by Crippen LogP contribution is -1.98. The molecule has 0 bridgehead atoms. The quantitative estimate of drug-likeness (QED) is 0.849. The van der Waals surface area contributed by atoms with Gasteiger partial charge in [-0.3, -0.25) is 4.98 Å². The summed E-state index contributed by atoms with van der Waals surface area (Å²) in [5, 5.41) is 0.523. The molecule has 0 amide bonds. The Morgan fingerprint density at radius 3 is 2.62 bits per heavy atom. The molecule has 3 N–H and O–H groups in total. The molecule has 0 aliphatic rings. The molecule has 0 saturated heterocycles. The number of halogens is 1. The normalized spacial score (nSPS) is 10.6. The monoisotopic (exact) mass is 236 g/mol. The largest absolute Gasteiger partial charge is 0.343 e. The molecule has 2 aromatic heterocycles. The predicted molar refractivity (Wildman–Crippen MR) is 63.1 cm³/mol. The number of aryl methyl sites for hydroxylation is 2. The maximum Gasteiger partial charge on any atom is 0.150 e. The highest BCUT2D eigenvalue weighted by Crippen LogP contribution is 2.15. The Bertz CT molecular complexity index is 452. The van der Waals surface area contributed by atoms with Crippen molar-refractivity contribution in [3.63, 3.8) is 0 Å². The van der Waals surface area contributed by atoms with Crippen molar-refractivity contribution in [2.24, 2.45) is 5.73 Å². The Labute approximate surface area is 98.9 Å². The van der Waals surface area contributed by atoms with E-state index < -0.39 is 0 Å². The van der Waals surface area contributed by atoms with Crippen molar-refractivity contribution in [3.8, 4) is 0 Å². The van der Waals surface area contributed by atoms with Crippen LogP contribution in [0.25, 0.3) is 0 Å². The van der Waals surface area contributed by atoms with Crippen LogP contribution in [0.4, 0.5) is 0 Å². The SMILES string of the molecule is NCc1nc(Cl)c(CCc2ccncc2)[nH]1. The van der Waals surface area contributed by atoms with Gasteiger partial charge in [0.15, 0.2) is 0 Å². The summed E-state index contributed by atoms with van der Waals surface area (Å²) in [6.07, 6.45) is 5.31. The van der Waals surface area contributed by atoms with Crippen molar-refractivity contribution in [2.75, 3.05) is 0 Å². The molecular weight excluding hydrogens is 224 g/mol. The molecule has 0 aromatic carbocycles. The number of hydrogen-bond donors (Lipinski definition) is 2. The van der Waals surface area contributed by atoms with Gasteiger partial charge in [0.25, 0.3) is 0 Å². The van der Waals surface area contributed by atoms with E-state index in [0.717, 1.165) is 24.4 Å². The molecule has 5 heteroatoms. The summed E-state index contributed by atoms with van der Waals surface area (Å²) in [6.45, 7) is 0.384. The Balaban J connectivity index is 2.02. The zero-order valence-electron chi connectivity index (χ0n) is 8.78. The molecule has 0 aliphatic carbocycles. The van der Waals surface area contributed by atoms with E-state index in [1.807, 2.05) is 12.1 Å². The van der Waals surface area contributed by atoms with E-state index in [1.54, 1.807) is 12.4 Å². The van der Waals surface area contributed by atoms with Crippen LogP contribution in [-0.4, -0.2) is 15.0 Å². The molecule has 0 unspecified atom stereocenters. The van der Waals surface area contributed by atoms with Crippen LogP contribution in [0.1, 0.15) is 17.1 Å². The molecule has 0 saturated carbocycles. The van der Waals surface area contributed by atoms with Crippen LogP contribution in [0.2, 0.25) is 5.15 Å². The average molecular weight is 237 g/mol. The molecule has 16 heavy (non-hydrogen) atoms. The Morgan fingerprint density at radius 1 is 1.25 bits per heavy atom. The predicted octanol–water partition coefficient (Wildman–Crippen LogP) is 1.70. The lowest BCUT2D eigenvalue weighted by atomic mass is 10.1. The molecule has 84 valence electrons. The second-order valence-electron chi connectivity index (χ2n) is 3.51. The molecule has 2 heterocycles. The second kappa shape index (κ2) is 5.09. The van der Waals surface area contributed by atoms with Crippen LogP contribution in [0, 0.1) is 0 Å². The lowest BCUT2D eigenvalue weighted by molar-refractivity contribution is 0.893.